The van der Waals surface area contributed by atoms with Crippen LogP contribution in [0, 0.1) is 0 Å². The molecule has 0 radical (unpaired) electrons. The summed E-state index contributed by atoms with van der Waals surface area (Å²) in [7, 11) is -1.88. The van der Waals surface area contributed by atoms with E-state index in [4.69, 9.17) is 4.74 Å². The molecule has 0 bridgehead atoms. The molecule has 0 atom stereocenters. The van der Waals surface area contributed by atoms with Crippen LogP contribution in [-0.2, 0) is 21.2 Å². The summed E-state index contributed by atoms with van der Waals surface area (Å²) in [6, 6.07) is 7.04. The van der Waals surface area contributed by atoms with Gasteiger partial charge in [-0.15, -0.1) is 0 Å². The van der Waals surface area contributed by atoms with E-state index in [1.54, 1.807) is 12.1 Å². The van der Waals surface area contributed by atoms with Crippen molar-refractivity contribution in [1.29, 1.82) is 0 Å². The number of benzene rings is 1. The zero-order valence-electron chi connectivity index (χ0n) is 12.2. The maximum atomic E-state index is 11.9. The van der Waals surface area contributed by atoms with Gasteiger partial charge in [-0.2, -0.15) is 0 Å². The van der Waals surface area contributed by atoms with Crippen molar-refractivity contribution in [3.63, 3.8) is 0 Å². The van der Waals surface area contributed by atoms with Gasteiger partial charge in [-0.1, -0.05) is 19.1 Å². The Balaban J connectivity index is 2.52. The van der Waals surface area contributed by atoms with E-state index < -0.39 is 10.0 Å². The zero-order valence-corrected chi connectivity index (χ0v) is 13.0. The Morgan fingerprint density at radius 3 is 2.45 bits per heavy atom. The predicted molar refractivity (Wildman–Crippen MR) is 80.4 cm³/mol. The molecule has 0 saturated carbocycles. The van der Waals surface area contributed by atoms with Gasteiger partial charge in [0.2, 0.25) is 10.0 Å². The van der Waals surface area contributed by atoms with Gasteiger partial charge in [0.25, 0.3) is 0 Å². The van der Waals surface area contributed by atoms with Crippen molar-refractivity contribution in [2.45, 2.75) is 24.7 Å². The quantitative estimate of drug-likeness (QED) is 0.636. The molecular weight excluding hydrogens is 276 g/mol. The van der Waals surface area contributed by atoms with Crippen LogP contribution in [0.4, 0.5) is 0 Å². The average Bonchev–Trinajstić information content (AvgIpc) is 2.44. The first-order chi connectivity index (χ1) is 9.60. The number of aryl methyl sites for hydroxylation is 1. The minimum absolute atomic E-state index is 0.281. The number of methoxy groups -OCH3 is 1. The topological polar surface area (TPSA) is 67.4 Å². The first-order valence-corrected chi connectivity index (χ1v) is 8.36. The molecule has 1 aromatic carbocycles. The van der Waals surface area contributed by atoms with E-state index in [1.807, 2.05) is 12.1 Å². The van der Waals surface area contributed by atoms with E-state index in [2.05, 4.69) is 17.0 Å². The lowest BCUT2D eigenvalue weighted by Crippen LogP contribution is -2.27. The Bertz CT molecular complexity index is 472. The normalized spacial score (nSPS) is 11.7. The van der Waals surface area contributed by atoms with Gasteiger partial charge in [0.05, 0.1) is 11.5 Å². The second-order valence-electron chi connectivity index (χ2n) is 4.49. The van der Waals surface area contributed by atoms with Crippen molar-refractivity contribution in [3.05, 3.63) is 29.8 Å². The Morgan fingerprint density at radius 2 is 1.85 bits per heavy atom. The number of hydrogen-bond donors (Lipinski definition) is 2. The van der Waals surface area contributed by atoms with E-state index in [0.29, 0.717) is 11.5 Å². The van der Waals surface area contributed by atoms with Crippen molar-refractivity contribution in [3.8, 4) is 0 Å². The van der Waals surface area contributed by atoms with Crippen LogP contribution in [0.15, 0.2) is 29.2 Å². The molecule has 0 unspecified atom stereocenters. The van der Waals surface area contributed by atoms with Gasteiger partial charge >= 0.3 is 0 Å². The molecule has 1 aromatic rings. The van der Waals surface area contributed by atoms with Gasteiger partial charge in [0.15, 0.2) is 0 Å². The van der Waals surface area contributed by atoms with Crippen molar-refractivity contribution in [1.82, 2.24) is 10.0 Å². The summed E-state index contributed by atoms with van der Waals surface area (Å²) in [4.78, 5) is 0.295. The molecule has 0 fully saturated rings. The highest BCUT2D eigenvalue weighted by molar-refractivity contribution is 7.89. The number of ether oxygens (including phenoxy) is 1. The van der Waals surface area contributed by atoms with Crippen LogP contribution in [0.5, 0.6) is 0 Å². The Morgan fingerprint density at radius 1 is 1.15 bits per heavy atom. The molecule has 0 aliphatic rings. The van der Waals surface area contributed by atoms with E-state index in [9.17, 15) is 8.42 Å². The largest absolute Gasteiger partial charge is 0.383 e. The summed E-state index contributed by atoms with van der Waals surface area (Å²) in [5.41, 5.74) is 1.15. The molecular formula is C14H24N2O3S. The first kappa shape index (κ1) is 17.1. The van der Waals surface area contributed by atoms with E-state index >= 15 is 0 Å². The van der Waals surface area contributed by atoms with E-state index in [-0.39, 0.29) is 6.54 Å². The fourth-order valence-corrected chi connectivity index (χ4v) is 2.80. The number of nitrogens with one attached hydrogen (secondary N) is 2. The van der Waals surface area contributed by atoms with Crippen LogP contribution >= 0.6 is 0 Å². The van der Waals surface area contributed by atoms with Crippen LogP contribution in [0.2, 0.25) is 0 Å². The molecule has 2 N–H and O–H groups in total. The Kier molecular flexibility index (Phi) is 7.76. The highest BCUT2D eigenvalue weighted by atomic mass is 32.2. The Hall–Kier alpha value is -0.950. The van der Waals surface area contributed by atoms with Crippen LogP contribution in [0.1, 0.15) is 18.9 Å². The van der Waals surface area contributed by atoms with Crippen LogP contribution in [0.25, 0.3) is 0 Å². The molecule has 6 heteroatoms. The lowest BCUT2D eigenvalue weighted by atomic mass is 10.1. The first-order valence-electron chi connectivity index (χ1n) is 6.88. The van der Waals surface area contributed by atoms with E-state index in [0.717, 1.165) is 31.5 Å². The van der Waals surface area contributed by atoms with Gasteiger partial charge < -0.3 is 10.1 Å². The third-order valence-electron chi connectivity index (χ3n) is 2.90. The van der Waals surface area contributed by atoms with E-state index in [1.165, 1.54) is 7.11 Å². The minimum atomic E-state index is -3.42. The fraction of sp³-hybridized carbons (Fsp3) is 0.571. The molecule has 114 valence electrons. The Labute approximate surface area is 121 Å². The number of hydrogen-bond acceptors (Lipinski definition) is 4. The van der Waals surface area contributed by atoms with Gasteiger partial charge in [-0.3, -0.25) is 0 Å². The molecule has 0 spiro atoms. The highest BCUT2D eigenvalue weighted by Gasteiger charge is 2.12. The molecule has 0 aliphatic heterocycles. The average molecular weight is 300 g/mol. The molecule has 0 amide bonds. The summed E-state index contributed by atoms with van der Waals surface area (Å²) in [6.07, 6.45) is 2.00. The molecule has 1 rings (SSSR count). The third kappa shape index (κ3) is 6.00. The molecule has 20 heavy (non-hydrogen) atoms. The van der Waals surface area contributed by atoms with Crippen molar-refractivity contribution in [2.75, 3.05) is 33.4 Å². The molecule has 0 aliphatic carbocycles. The fourth-order valence-electron chi connectivity index (χ4n) is 1.79. The second-order valence-corrected chi connectivity index (χ2v) is 6.26. The summed E-state index contributed by atoms with van der Waals surface area (Å²) < 4.78 is 31.2. The molecule has 5 nitrogen and oxygen atoms in total. The maximum Gasteiger partial charge on any atom is 0.240 e. The van der Waals surface area contributed by atoms with Gasteiger partial charge in [-0.25, -0.2) is 13.1 Å². The minimum Gasteiger partial charge on any atom is -0.383 e. The van der Waals surface area contributed by atoms with Crippen molar-refractivity contribution in [2.24, 2.45) is 0 Å². The van der Waals surface area contributed by atoms with Crippen molar-refractivity contribution >= 4 is 10.0 Å². The van der Waals surface area contributed by atoms with Gasteiger partial charge in [-0.05, 0) is 43.6 Å². The van der Waals surface area contributed by atoms with Crippen LogP contribution < -0.4 is 10.0 Å². The van der Waals surface area contributed by atoms with Crippen LogP contribution in [0.3, 0.4) is 0 Å². The molecule has 0 saturated heterocycles. The zero-order chi connectivity index (χ0) is 14.8. The predicted octanol–water partition coefficient (Wildman–Crippen LogP) is 1.15. The second kappa shape index (κ2) is 9.07. The van der Waals surface area contributed by atoms with Gasteiger partial charge in [0, 0.05) is 13.7 Å². The lowest BCUT2D eigenvalue weighted by molar-refractivity contribution is 0.204. The van der Waals surface area contributed by atoms with Crippen molar-refractivity contribution < 1.29 is 13.2 Å². The van der Waals surface area contributed by atoms with Crippen LogP contribution in [-0.4, -0.2) is 41.8 Å². The summed E-state index contributed by atoms with van der Waals surface area (Å²) >= 11 is 0. The highest BCUT2D eigenvalue weighted by Crippen LogP contribution is 2.11. The van der Waals surface area contributed by atoms with Gasteiger partial charge in [0.1, 0.15) is 0 Å². The summed E-state index contributed by atoms with van der Waals surface area (Å²) in [6.45, 7) is 4.68. The summed E-state index contributed by atoms with van der Waals surface area (Å²) in [5.74, 6) is 0. The third-order valence-corrected chi connectivity index (χ3v) is 4.38. The molecule has 0 heterocycles. The molecule has 0 aromatic heterocycles. The standard InChI is InChI=1S/C14H24N2O3S/c1-3-15-10-4-5-13-6-8-14(9-7-13)20(17,18)16-11-12-19-2/h6-9,15-16H,3-5,10-12H2,1-2H3. The number of rotatable bonds is 10. The SMILES string of the molecule is CCNCCCc1ccc(S(=O)(=O)NCCOC)cc1. The monoisotopic (exact) mass is 300 g/mol. The lowest BCUT2D eigenvalue weighted by Gasteiger charge is -2.07. The maximum absolute atomic E-state index is 11.9. The summed E-state index contributed by atoms with van der Waals surface area (Å²) in [5, 5.41) is 3.27. The number of sulfonamides is 1. The smallest absolute Gasteiger partial charge is 0.240 e.